The van der Waals surface area contributed by atoms with Gasteiger partial charge in [-0.05, 0) is 30.3 Å². The number of primary sulfonamides is 1. The van der Waals surface area contributed by atoms with Crippen LogP contribution in [0.1, 0.15) is 0 Å². The lowest BCUT2D eigenvalue weighted by Crippen LogP contribution is -2.28. The molecule has 15 heteroatoms. The SMILES string of the molecule is COc1nccc2c(OS(=O)(=O)C(F)(F)F)nn(-c3ccc(S(N)(=O)=O)cc3)c12. The van der Waals surface area contributed by atoms with E-state index in [1.807, 2.05) is 0 Å². The third-order valence-corrected chi connectivity index (χ3v) is 5.47. The molecule has 0 saturated heterocycles. The molecule has 0 saturated carbocycles. The first-order valence-corrected chi connectivity index (χ1v) is 10.4. The van der Waals surface area contributed by atoms with Gasteiger partial charge in [-0.3, -0.25) is 0 Å². The number of alkyl halides is 3. The highest BCUT2D eigenvalue weighted by Gasteiger charge is 2.49. The van der Waals surface area contributed by atoms with Gasteiger partial charge in [0.1, 0.15) is 5.52 Å². The lowest BCUT2D eigenvalue weighted by molar-refractivity contribution is -0.0501. The first kappa shape index (κ1) is 20.8. The van der Waals surface area contributed by atoms with E-state index in [2.05, 4.69) is 14.3 Å². The van der Waals surface area contributed by atoms with Gasteiger partial charge in [-0.25, -0.2) is 23.2 Å². The predicted molar refractivity (Wildman–Crippen MR) is 92.4 cm³/mol. The van der Waals surface area contributed by atoms with E-state index in [1.165, 1.54) is 25.3 Å². The highest BCUT2D eigenvalue weighted by atomic mass is 32.2. The summed E-state index contributed by atoms with van der Waals surface area (Å²) >= 11 is 0. The number of nitrogens with zero attached hydrogens (tertiary/aromatic N) is 3. The van der Waals surface area contributed by atoms with Crippen LogP contribution in [0.3, 0.4) is 0 Å². The van der Waals surface area contributed by atoms with Gasteiger partial charge in [0.25, 0.3) is 5.88 Å². The lowest BCUT2D eigenvalue weighted by atomic mass is 10.3. The molecule has 1 aromatic carbocycles. The minimum absolute atomic E-state index is 0.00858. The molecule has 0 bridgehead atoms. The third-order valence-electron chi connectivity index (χ3n) is 3.60. The number of hydrogen-bond donors (Lipinski definition) is 1. The van der Waals surface area contributed by atoms with Crippen molar-refractivity contribution in [2.45, 2.75) is 10.4 Å². The summed E-state index contributed by atoms with van der Waals surface area (Å²) in [4.78, 5) is 3.68. The van der Waals surface area contributed by atoms with Crippen molar-refractivity contribution in [3.63, 3.8) is 0 Å². The van der Waals surface area contributed by atoms with Crippen molar-refractivity contribution in [1.29, 1.82) is 0 Å². The number of sulfonamides is 1. The van der Waals surface area contributed by atoms with Crippen molar-refractivity contribution in [3.8, 4) is 17.4 Å². The highest BCUT2D eigenvalue weighted by molar-refractivity contribution is 7.89. The van der Waals surface area contributed by atoms with E-state index in [-0.39, 0.29) is 27.4 Å². The fourth-order valence-corrected chi connectivity index (χ4v) is 3.27. The van der Waals surface area contributed by atoms with Crippen LogP contribution in [0.5, 0.6) is 11.8 Å². The van der Waals surface area contributed by atoms with Crippen molar-refractivity contribution in [1.82, 2.24) is 14.8 Å². The van der Waals surface area contributed by atoms with Crippen LogP contribution in [0.2, 0.25) is 0 Å². The Morgan fingerprint density at radius 1 is 1.03 bits per heavy atom. The second kappa shape index (κ2) is 6.85. The molecule has 0 unspecified atom stereocenters. The molecule has 3 aromatic rings. The number of pyridine rings is 1. The van der Waals surface area contributed by atoms with Gasteiger partial charge in [-0.2, -0.15) is 21.6 Å². The Balaban J connectivity index is 2.23. The molecule has 0 spiro atoms. The minimum atomic E-state index is -5.99. The van der Waals surface area contributed by atoms with E-state index in [9.17, 15) is 30.0 Å². The average molecular weight is 452 g/mol. The van der Waals surface area contributed by atoms with Crippen molar-refractivity contribution in [2.75, 3.05) is 7.11 Å². The number of halogens is 3. The maximum Gasteiger partial charge on any atom is 0.534 e. The van der Waals surface area contributed by atoms with Crippen LogP contribution in [-0.2, 0) is 20.1 Å². The van der Waals surface area contributed by atoms with Crippen molar-refractivity contribution < 1.29 is 38.9 Å². The molecule has 156 valence electrons. The fourth-order valence-electron chi connectivity index (χ4n) is 2.33. The van der Waals surface area contributed by atoms with Gasteiger partial charge in [0.2, 0.25) is 15.9 Å². The summed E-state index contributed by atoms with van der Waals surface area (Å²) in [5.74, 6) is -0.960. The van der Waals surface area contributed by atoms with E-state index in [0.29, 0.717) is 0 Å². The van der Waals surface area contributed by atoms with E-state index >= 15 is 0 Å². The molecule has 29 heavy (non-hydrogen) atoms. The number of benzene rings is 1. The zero-order valence-corrected chi connectivity index (χ0v) is 15.9. The second-order valence-corrected chi connectivity index (χ2v) is 8.55. The molecule has 2 heterocycles. The van der Waals surface area contributed by atoms with Gasteiger partial charge in [-0.1, -0.05) is 0 Å². The number of nitrogens with two attached hydrogens (primary N) is 1. The van der Waals surface area contributed by atoms with Crippen LogP contribution >= 0.6 is 0 Å². The molecule has 10 nitrogen and oxygen atoms in total. The molecule has 0 radical (unpaired) electrons. The summed E-state index contributed by atoms with van der Waals surface area (Å²) < 4.78 is 93.9. The first-order chi connectivity index (χ1) is 13.3. The summed E-state index contributed by atoms with van der Waals surface area (Å²) in [5.41, 5.74) is -5.53. The minimum Gasteiger partial charge on any atom is -0.479 e. The zero-order chi connectivity index (χ0) is 21.6. The van der Waals surface area contributed by atoms with Gasteiger partial charge < -0.3 is 8.92 Å². The summed E-state index contributed by atoms with van der Waals surface area (Å²) in [7, 11) is -8.75. The molecule has 2 N–H and O–H groups in total. The monoisotopic (exact) mass is 452 g/mol. The highest BCUT2D eigenvalue weighted by Crippen LogP contribution is 2.35. The van der Waals surface area contributed by atoms with E-state index in [1.54, 1.807) is 0 Å². The average Bonchev–Trinajstić information content (AvgIpc) is 2.98. The molecule has 0 amide bonds. The Hall–Kier alpha value is -2.91. The van der Waals surface area contributed by atoms with E-state index in [4.69, 9.17) is 9.88 Å². The summed E-state index contributed by atoms with van der Waals surface area (Å²) in [6.07, 6.45) is 1.16. The number of fused-ring (bicyclic) bond motifs is 1. The normalized spacial score (nSPS) is 12.9. The number of rotatable bonds is 5. The molecule has 2 aromatic heterocycles. The van der Waals surface area contributed by atoms with Crippen LogP contribution in [0, 0.1) is 0 Å². The smallest absolute Gasteiger partial charge is 0.479 e. The Labute approximate surface area is 161 Å². The van der Waals surface area contributed by atoms with Crippen LogP contribution in [0.15, 0.2) is 41.4 Å². The first-order valence-electron chi connectivity index (χ1n) is 7.41. The summed E-state index contributed by atoms with van der Waals surface area (Å²) in [6, 6.07) is 5.95. The van der Waals surface area contributed by atoms with Gasteiger partial charge >= 0.3 is 15.6 Å². The standard InChI is InChI=1S/C14H11F3N4O6S2/c1-26-13-11-10(6-7-19-13)12(27-29(24,25)14(15,16)17)20-21(11)8-2-4-9(5-3-8)28(18,22)23/h2-7H,1H3,(H2,18,22,23). The van der Waals surface area contributed by atoms with Crippen LogP contribution in [-0.4, -0.2) is 44.2 Å². The molecule has 3 rings (SSSR count). The largest absolute Gasteiger partial charge is 0.534 e. The molecule has 0 aliphatic heterocycles. The topological polar surface area (TPSA) is 143 Å². The quantitative estimate of drug-likeness (QED) is 0.451. The second-order valence-electron chi connectivity index (χ2n) is 5.46. The molecule has 0 aliphatic rings. The lowest BCUT2D eigenvalue weighted by Gasteiger charge is -2.07. The Bertz CT molecular complexity index is 1290. The van der Waals surface area contributed by atoms with Gasteiger partial charge in [-0.15, -0.1) is 5.10 Å². The maximum atomic E-state index is 12.7. The third kappa shape index (κ3) is 3.83. The van der Waals surface area contributed by atoms with Crippen molar-refractivity contribution >= 4 is 31.0 Å². The molecule has 0 aliphatic carbocycles. The summed E-state index contributed by atoms with van der Waals surface area (Å²) in [6.45, 7) is 0. The Kier molecular flexibility index (Phi) is 4.92. The zero-order valence-electron chi connectivity index (χ0n) is 14.3. The van der Waals surface area contributed by atoms with Crippen molar-refractivity contribution in [2.24, 2.45) is 5.14 Å². The number of aromatic nitrogens is 3. The summed E-state index contributed by atoms with van der Waals surface area (Å²) in [5, 5.41) is 8.66. The molecule has 0 atom stereocenters. The van der Waals surface area contributed by atoms with E-state index in [0.717, 1.165) is 23.0 Å². The van der Waals surface area contributed by atoms with Crippen LogP contribution in [0.4, 0.5) is 13.2 Å². The van der Waals surface area contributed by atoms with Crippen molar-refractivity contribution in [3.05, 3.63) is 36.5 Å². The fraction of sp³-hybridized carbons (Fsp3) is 0.143. The predicted octanol–water partition coefficient (Wildman–Crippen LogP) is 1.30. The Morgan fingerprint density at radius 3 is 2.17 bits per heavy atom. The number of ether oxygens (including phenoxy) is 1. The van der Waals surface area contributed by atoms with Crippen LogP contribution < -0.4 is 14.1 Å². The van der Waals surface area contributed by atoms with Crippen LogP contribution in [0.25, 0.3) is 16.6 Å². The van der Waals surface area contributed by atoms with Gasteiger partial charge in [0, 0.05) is 6.20 Å². The number of methoxy groups -OCH3 is 1. The Morgan fingerprint density at radius 2 is 1.66 bits per heavy atom. The molecular formula is C14H11F3N4O6S2. The molecular weight excluding hydrogens is 441 g/mol. The van der Waals surface area contributed by atoms with E-state index < -0.39 is 31.5 Å². The molecule has 0 fully saturated rings. The van der Waals surface area contributed by atoms with Gasteiger partial charge in [0.15, 0.2) is 0 Å². The van der Waals surface area contributed by atoms with Gasteiger partial charge in [0.05, 0.1) is 23.1 Å². The maximum absolute atomic E-state index is 12.7. The number of hydrogen-bond acceptors (Lipinski definition) is 8.